The zero-order chi connectivity index (χ0) is 11.3. The van der Waals surface area contributed by atoms with Gasteiger partial charge < -0.3 is 11.1 Å². The van der Waals surface area contributed by atoms with Gasteiger partial charge in [0.05, 0.1) is 0 Å². The topological polar surface area (TPSA) is 55.1 Å². The minimum absolute atomic E-state index is 0. The summed E-state index contributed by atoms with van der Waals surface area (Å²) in [5, 5.41) is 2.69. The molecule has 1 aromatic carbocycles. The molecular formula is C11H16ClFN2O. The zero-order valence-corrected chi connectivity index (χ0v) is 9.89. The molecule has 0 saturated carbocycles. The van der Waals surface area contributed by atoms with E-state index in [1.807, 2.05) is 6.92 Å². The van der Waals surface area contributed by atoms with Crippen LogP contribution < -0.4 is 11.1 Å². The van der Waals surface area contributed by atoms with Crippen molar-refractivity contribution in [3.05, 3.63) is 35.6 Å². The van der Waals surface area contributed by atoms with Crippen molar-refractivity contribution >= 4 is 18.3 Å². The van der Waals surface area contributed by atoms with Crippen molar-refractivity contribution in [3.8, 4) is 0 Å². The molecule has 0 spiro atoms. The normalized spacial score (nSPS) is 11.4. The summed E-state index contributed by atoms with van der Waals surface area (Å²) in [6.07, 6.45) is 0. The summed E-state index contributed by atoms with van der Waals surface area (Å²) in [5.41, 5.74) is 5.74. The molecule has 0 fully saturated rings. The molecule has 3 N–H and O–H groups in total. The molecule has 1 rings (SSSR count). The Labute approximate surface area is 101 Å². The lowest BCUT2D eigenvalue weighted by atomic mass is 10.1. The number of nitrogens with one attached hydrogen (secondary N) is 1. The summed E-state index contributed by atoms with van der Waals surface area (Å²) in [7, 11) is 0. The van der Waals surface area contributed by atoms with Gasteiger partial charge in [0, 0.05) is 12.1 Å². The van der Waals surface area contributed by atoms with Gasteiger partial charge in [-0.05, 0) is 30.7 Å². The lowest BCUT2D eigenvalue weighted by Gasteiger charge is -2.09. The van der Waals surface area contributed by atoms with Crippen LogP contribution in [0.2, 0.25) is 0 Å². The summed E-state index contributed by atoms with van der Waals surface area (Å²) in [4.78, 5) is 11.5. The first kappa shape index (κ1) is 14.9. The van der Waals surface area contributed by atoms with Gasteiger partial charge in [0.2, 0.25) is 0 Å². The number of rotatable bonds is 4. The fraction of sp³-hybridized carbons (Fsp3) is 0.364. The van der Waals surface area contributed by atoms with Gasteiger partial charge in [0.25, 0.3) is 5.91 Å². The molecular weight excluding hydrogens is 231 g/mol. The Hall–Kier alpha value is -1.13. The zero-order valence-electron chi connectivity index (χ0n) is 9.07. The van der Waals surface area contributed by atoms with Crippen LogP contribution in [0.5, 0.6) is 0 Å². The fourth-order valence-electron chi connectivity index (χ4n) is 1.08. The first-order valence-electron chi connectivity index (χ1n) is 4.87. The standard InChI is InChI=1S/C11H15FN2O.ClH/c1-8(6-13)7-14-11(15)9-3-2-4-10(12)5-9;/h2-5,8H,6-7,13H2,1H3,(H,14,15);1H. The highest BCUT2D eigenvalue weighted by Gasteiger charge is 2.07. The van der Waals surface area contributed by atoms with Crippen LogP contribution in [0.4, 0.5) is 4.39 Å². The van der Waals surface area contributed by atoms with Crippen molar-refractivity contribution in [1.82, 2.24) is 5.32 Å². The van der Waals surface area contributed by atoms with E-state index >= 15 is 0 Å². The van der Waals surface area contributed by atoms with Crippen molar-refractivity contribution in [1.29, 1.82) is 0 Å². The van der Waals surface area contributed by atoms with Gasteiger partial charge in [-0.3, -0.25) is 4.79 Å². The Kier molecular flexibility index (Phi) is 6.69. The van der Waals surface area contributed by atoms with E-state index in [1.165, 1.54) is 18.2 Å². The smallest absolute Gasteiger partial charge is 0.251 e. The second kappa shape index (κ2) is 7.19. The molecule has 1 aromatic rings. The number of carbonyl (C=O) groups excluding carboxylic acids is 1. The van der Waals surface area contributed by atoms with E-state index in [2.05, 4.69) is 5.32 Å². The van der Waals surface area contributed by atoms with Crippen molar-refractivity contribution in [2.24, 2.45) is 11.7 Å². The fourth-order valence-corrected chi connectivity index (χ4v) is 1.08. The predicted molar refractivity (Wildman–Crippen MR) is 64.2 cm³/mol. The van der Waals surface area contributed by atoms with Crippen LogP contribution >= 0.6 is 12.4 Å². The van der Waals surface area contributed by atoms with Gasteiger partial charge in [0.1, 0.15) is 5.82 Å². The SMILES string of the molecule is CC(CN)CNC(=O)c1cccc(F)c1.Cl. The molecule has 0 aliphatic rings. The number of hydrogen-bond acceptors (Lipinski definition) is 2. The van der Waals surface area contributed by atoms with Crippen LogP contribution in [0.3, 0.4) is 0 Å². The summed E-state index contributed by atoms with van der Waals surface area (Å²) < 4.78 is 12.8. The minimum Gasteiger partial charge on any atom is -0.352 e. The van der Waals surface area contributed by atoms with Crippen molar-refractivity contribution in [2.45, 2.75) is 6.92 Å². The quantitative estimate of drug-likeness (QED) is 0.848. The summed E-state index contributed by atoms with van der Waals surface area (Å²) in [6, 6.07) is 5.60. The van der Waals surface area contributed by atoms with E-state index in [0.29, 0.717) is 18.7 Å². The van der Waals surface area contributed by atoms with Crippen LogP contribution in [0.25, 0.3) is 0 Å². The summed E-state index contributed by atoms with van der Waals surface area (Å²) in [5.74, 6) is -0.452. The molecule has 0 bridgehead atoms. The lowest BCUT2D eigenvalue weighted by Crippen LogP contribution is -2.31. The molecule has 0 aliphatic heterocycles. The molecule has 90 valence electrons. The van der Waals surface area contributed by atoms with Gasteiger partial charge in [-0.2, -0.15) is 0 Å². The molecule has 1 amide bonds. The van der Waals surface area contributed by atoms with Gasteiger partial charge >= 0.3 is 0 Å². The lowest BCUT2D eigenvalue weighted by molar-refractivity contribution is 0.0948. The van der Waals surface area contributed by atoms with Crippen LogP contribution in [0.15, 0.2) is 24.3 Å². The molecule has 0 heterocycles. The van der Waals surface area contributed by atoms with Crippen LogP contribution in [-0.2, 0) is 0 Å². The van der Waals surface area contributed by atoms with Crippen LogP contribution in [-0.4, -0.2) is 19.0 Å². The Morgan fingerprint density at radius 1 is 1.56 bits per heavy atom. The Morgan fingerprint density at radius 3 is 2.81 bits per heavy atom. The van der Waals surface area contributed by atoms with Gasteiger partial charge in [0.15, 0.2) is 0 Å². The van der Waals surface area contributed by atoms with Crippen LogP contribution in [0, 0.1) is 11.7 Å². The third-order valence-corrected chi connectivity index (χ3v) is 2.10. The van der Waals surface area contributed by atoms with E-state index in [9.17, 15) is 9.18 Å². The average Bonchev–Trinajstić information content (AvgIpc) is 2.25. The Morgan fingerprint density at radius 2 is 2.25 bits per heavy atom. The first-order chi connectivity index (χ1) is 7.13. The number of halogens is 2. The molecule has 0 aromatic heterocycles. The maximum Gasteiger partial charge on any atom is 0.251 e. The largest absolute Gasteiger partial charge is 0.352 e. The van der Waals surface area contributed by atoms with Gasteiger partial charge in [-0.15, -0.1) is 12.4 Å². The van der Waals surface area contributed by atoms with E-state index < -0.39 is 5.82 Å². The molecule has 0 aliphatic carbocycles. The second-order valence-electron chi connectivity index (χ2n) is 3.56. The number of nitrogens with two attached hydrogens (primary N) is 1. The van der Waals surface area contributed by atoms with E-state index in [0.717, 1.165) is 0 Å². The number of amides is 1. The van der Waals surface area contributed by atoms with Crippen molar-refractivity contribution in [3.63, 3.8) is 0 Å². The highest BCUT2D eigenvalue weighted by atomic mass is 35.5. The highest BCUT2D eigenvalue weighted by molar-refractivity contribution is 5.94. The monoisotopic (exact) mass is 246 g/mol. The molecule has 0 saturated heterocycles. The third-order valence-electron chi connectivity index (χ3n) is 2.10. The average molecular weight is 247 g/mol. The molecule has 16 heavy (non-hydrogen) atoms. The third kappa shape index (κ3) is 4.59. The molecule has 3 nitrogen and oxygen atoms in total. The van der Waals surface area contributed by atoms with E-state index in [1.54, 1.807) is 6.07 Å². The number of hydrogen-bond donors (Lipinski definition) is 2. The Bertz CT molecular complexity index is 347. The highest BCUT2D eigenvalue weighted by Crippen LogP contribution is 2.03. The predicted octanol–water partition coefficient (Wildman–Crippen LogP) is 1.57. The first-order valence-corrected chi connectivity index (χ1v) is 4.87. The van der Waals surface area contributed by atoms with Gasteiger partial charge in [-0.25, -0.2) is 4.39 Å². The minimum atomic E-state index is -0.408. The van der Waals surface area contributed by atoms with E-state index in [4.69, 9.17) is 5.73 Å². The number of benzene rings is 1. The maximum absolute atomic E-state index is 12.8. The summed E-state index contributed by atoms with van der Waals surface area (Å²) in [6.45, 7) is 2.96. The van der Waals surface area contributed by atoms with E-state index in [-0.39, 0.29) is 24.2 Å². The van der Waals surface area contributed by atoms with Crippen molar-refractivity contribution in [2.75, 3.05) is 13.1 Å². The molecule has 1 unspecified atom stereocenters. The second-order valence-corrected chi connectivity index (χ2v) is 3.56. The van der Waals surface area contributed by atoms with Crippen molar-refractivity contribution < 1.29 is 9.18 Å². The molecule has 5 heteroatoms. The molecule has 1 atom stereocenters. The summed E-state index contributed by atoms with van der Waals surface area (Å²) >= 11 is 0. The van der Waals surface area contributed by atoms with Crippen LogP contribution in [0.1, 0.15) is 17.3 Å². The Balaban J connectivity index is 0.00000225. The van der Waals surface area contributed by atoms with Gasteiger partial charge in [-0.1, -0.05) is 13.0 Å². The maximum atomic E-state index is 12.8. The molecule has 0 radical (unpaired) electrons. The number of carbonyl (C=O) groups is 1.